The van der Waals surface area contributed by atoms with E-state index in [1.807, 2.05) is 0 Å². The van der Waals surface area contributed by atoms with Gasteiger partial charge in [-0.05, 0) is 36.0 Å². The van der Waals surface area contributed by atoms with E-state index >= 15 is 0 Å². The molecule has 1 rings (SSSR count). The summed E-state index contributed by atoms with van der Waals surface area (Å²) >= 11 is 0. The first kappa shape index (κ1) is 22.5. The summed E-state index contributed by atoms with van der Waals surface area (Å²) in [7, 11) is 1.78. The standard InChI is InChI=1S/C22H42O3/c1-16(23)25-20-18(21(2,3)4)14-17(12-10-9-11-13-24-8)15-19(20)22(5,6)7/h17-20H,9-15H2,1-8H3. The smallest absolute Gasteiger partial charge is 0.302 e. The predicted molar refractivity (Wildman–Crippen MR) is 105 cm³/mol. The summed E-state index contributed by atoms with van der Waals surface area (Å²) in [5.41, 5.74) is 0.302. The molecule has 0 radical (unpaired) electrons. The van der Waals surface area contributed by atoms with Crippen molar-refractivity contribution in [1.29, 1.82) is 0 Å². The Labute approximate surface area is 156 Å². The molecular formula is C22H42O3. The normalized spacial score (nSPS) is 28.0. The third kappa shape index (κ3) is 7.29. The van der Waals surface area contributed by atoms with Crippen molar-refractivity contribution in [2.24, 2.45) is 28.6 Å². The molecule has 0 N–H and O–H groups in total. The van der Waals surface area contributed by atoms with Gasteiger partial charge in [-0.2, -0.15) is 0 Å². The molecule has 1 aliphatic carbocycles. The summed E-state index contributed by atoms with van der Waals surface area (Å²) in [4.78, 5) is 11.8. The Balaban J connectivity index is 2.88. The lowest BCUT2D eigenvalue weighted by Gasteiger charge is -2.50. The number of ether oxygens (including phenoxy) is 2. The van der Waals surface area contributed by atoms with Gasteiger partial charge in [0.25, 0.3) is 0 Å². The molecule has 0 aromatic rings. The van der Waals surface area contributed by atoms with Gasteiger partial charge in [-0.1, -0.05) is 60.8 Å². The maximum atomic E-state index is 11.8. The maximum absolute atomic E-state index is 11.8. The molecule has 0 bridgehead atoms. The van der Waals surface area contributed by atoms with Crippen molar-refractivity contribution < 1.29 is 14.3 Å². The number of rotatable bonds is 7. The molecule has 1 fully saturated rings. The second kappa shape index (κ2) is 9.39. The van der Waals surface area contributed by atoms with Crippen LogP contribution < -0.4 is 0 Å². The van der Waals surface area contributed by atoms with Crippen LogP contribution in [0.5, 0.6) is 0 Å². The maximum Gasteiger partial charge on any atom is 0.302 e. The van der Waals surface area contributed by atoms with Gasteiger partial charge in [0.15, 0.2) is 0 Å². The monoisotopic (exact) mass is 354 g/mol. The lowest BCUT2D eigenvalue weighted by atomic mass is 9.58. The van der Waals surface area contributed by atoms with Gasteiger partial charge < -0.3 is 9.47 Å². The Morgan fingerprint density at radius 1 is 0.920 bits per heavy atom. The van der Waals surface area contributed by atoms with Gasteiger partial charge in [0.1, 0.15) is 6.10 Å². The molecule has 25 heavy (non-hydrogen) atoms. The largest absolute Gasteiger partial charge is 0.462 e. The van der Waals surface area contributed by atoms with Crippen molar-refractivity contribution in [2.75, 3.05) is 13.7 Å². The van der Waals surface area contributed by atoms with Crippen LogP contribution in [-0.4, -0.2) is 25.8 Å². The van der Waals surface area contributed by atoms with E-state index in [0.29, 0.717) is 11.8 Å². The number of methoxy groups -OCH3 is 1. The molecule has 2 unspecified atom stereocenters. The zero-order valence-corrected chi connectivity index (χ0v) is 18.0. The third-order valence-electron chi connectivity index (χ3n) is 5.96. The van der Waals surface area contributed by atoms with Gasteiger partial charge in [0, 0.05) is 32.5 Å². The minimum absolute atomic E-state index is 0.0437. The third-order valence-corrected chi connectivity index (χ3v) is 5.96. The first-order valence-electron chi connectivity index (χ1n) is 10.1. The van der Waals surface area contributed by atoms with Crippen molar-refractivity contribution in [1.82, 2.24) is 0 Å². The molecule has 0 amide bonds. The minimum atomic E-state index is -0.133. The SMILES string of the molecule is COCCCCCC1CC(C(C)(C)C)C(OC(C)=O)C(C(C)(C)C)C1. The summed E-state index contributed by atoms with van der Waals surface area (Å²) in [6.07, 6.45) is 7.37. The molecule has 1 saturated carbocycles. The second-order valence-electron chi connectivity index (χ2n) is 10.2. The van der Waals surface area contributed by atoms with Crippen molar-refractivity contribution in [3.05, 3.63) is 0 Å². The molecule has 3 nitrogen and oxygen atoms in total. The van der Waals surface area contributed by atoms with E-state index in [-0.39, 0.29) is 22.9 Å². The fraction of sp³-hybridized carbons (Fsp3) is 0.955. The molecular weight excluding hydrogens is 312 g/mol. The van der Waals surface area contributed by atoms with Gasteiger partial charge in [-0.15, -0.1) is 0 Å². The van der Waals surface area contributed by atoms with Gasteiger partial charge in [-0.25, -0.2) is 0 Å². The zero-order valence-electron chi connectivity index (χ0n) is 18.0. The first-order chi connectivity index (χ1) is 11.5. The van der Waals surface area contributed by atoms with E-state index in [1.54, 1.807) is 14.0 Å². The Kier molecular flexibility index (Phi) is 8.44. The van der Waals surface area contributed by atoms with Crippen molar-refractivity contribution >= 4 is 5.97 Å². The summed E-state index contributed by atoms with van der Waals surface area (Å²) in [5.74, 6) is 1.46. The van der Waals surface area contributed by atoms with E-state index in [1.165, 1.54) is 32.1 Å². The number of hydrogen-bond acceptors (Lipinski definition) is 3. The van der Waals surface area contributed by atoms with Crippen LogP contribution in [0.15, 0.2) is 0 Å². The lowest BCUT2D eigenvalue weighted by molar-refractivity contribution is -0.167. The average molecular weight is 355 g/mol. The zero-order chi connectivity index (χ0) is 19.3. The van der Waals surface area contributed by atoms with Crippen LogP contribution in [0.25, 0.3) is 0 Å². The molecule has 0 aliphatic heterocycles. The highest BCUT2D eigenvalue weighted by atomic mass is 16.5. The van der Waals surface area contributed by atoms with Crippen LogP contribution in [-0.2, 0) is 14.3 Å². The minimum Gasteiger partial charge on any atom is -0.462 e. The van der Waals surface area contributed by atoms with Gasteiger partial charge in [0.05, 0.1) is 0 Å². The van der Waals surface area contributed by atoms with Crippen molar-refractivity contribution in [3.8, 4) is 0 Å². The van der Waals surface area contributed by atoms with Crippen LogP contribution in [0, 0.1) is 28.6 Å². The number of hydrogen-bond donors (Lipinski definition) is 0. The Hall–Kier alpha value is -0.570. The highest BCUT2D eigenvalue weighted by Gasteiger charge is 2.48. The molecule has 0 aromatic heterocycles. The topological polar surface area (TPSA) is 35.5 Å². The molecule has 1 aliphatic rings. The highest BCUT2D eigenvalue weighted by molar-refractivity contribution is 5.66. The summed E-state index contributed by atoms with van der Waals surface area (Å²) in [5, 5.41) is 0. The molecule has 2 atom stereocenters. The van der Waals surface area contributed by atoms with Gasteiger partial charge >= 0.3 is 5.97 Å². The Morgan fingerprint density at radius 3 is 1.84 bits per heavy atom. The highest BCUT2D eigenvalue weighted by Crippen LogP contribution is 2.50. The quantitative estimate of drug-likeness (QED) is 0.424. The average Bonchev–Trinajstić information content (AvgIpc) is 2.45. The fourth-order valence-electron chi connectivity index (χ4n) is 4.50. The van der Waals surface area contributed by atoms with E-state index in [0.717, 1.165) is 18.9 Å². The van der Waals surface area contributed by atoms with Crippen LogP contribution >= 0.6 is 0 Å². The van der Waals surface area contributed by atoms with E-state index in [9.17, 15) is 4.79 Å². The fourth-order valence-corrected chi connectivity index (χ4v) is 4.50. The molecule has 0 aromatic carbocycles. The van der Waals surface area contributed by atoms with E-state index in [2.05, 4.69) is 41.5 Å². The van der Waals surface area contributed by atoms with Crippen LogP contribution in [0.4, 0.5) is 0 Å². The van der Waals surface area contributed by atoms with Crippen molar-refractivity contribution in [2.45, 2.75) is 93.1 Å². The molecule has 3 heteroatoms. The van der Waals surface area contributed by atoms with Crippen LogP contribution in [0.2, 0.25) is 0 Å². The second-order valence-corrected chi connectivity index (χ2v) is 10.2. The molecule has 0 spiro atoms. The molecule has 0 saturated heterocycles. The lowest BCUT2D eigenvalue weighted by Crippen LogP contribution is -2.49. The van der Waals surface area contributed by atoms with E-state index < -0.39 is 0 Å². The van der Waals surface area contributed by atoms with Gasteiger partial charge in [0.2, 0.25) is 0 Å². The molecule has 0 heterocycles. The first-order valence-corrected chi connectivity index (χ1v) is 10.1. The number of carbonyl (C=O) groups excluding carboxylic acids is 1. The summed E-state index contributed by atoms with van der Waals surface area (Å²) < 4.78 is 11.1. The Bertz CT molecular complexity index is 378. The van der Waals surface area contributed by atoms with Gasteiger partial charge in [-0.3, -0.25) is 4.79 Å². The van der Waals surface area contributed by atoms with E-state index in [4.69, 9.17) is 9.47 Å². The predicted octanol–water partition coefficient (Wildman–Crippen LogP) is 5.86. The number of esters is 1. The number of carbonyl (C=O) groups is 1. The van der Waals surface area contributed by atoms with Crippen LogP contribution in [0.3, 0.4) is 0 Å². The van der Waals surface area contributed by atoms with Crippen molar-refractivity contribution in [3.63, 3.8) is 0 Å². The Morgan fingerprint density at radius 2 is 1.44 bits per heavy atom. The summed E-state index contributed by atoms with van der Waals surface area (Å²) in [6.45, 7) is 16.2. The summed E-state index contributed by atoms with van der Waals surface area (Å²) in [6, 6.07) is 0. The van der Waals surface area contributed by atoms with Crippen LogP contribution in [0.1, 0.15) is 87.0 Å². The number of unbranched alkanes of at least 4 members (excludes halogenated alkanes) is 2. The molecule has 148 valence electrons.